The molecular weight excluding hydrogens is 200 g/mol. The molecule has 0 saturated carbocycles. The van der Waals surface area contributed by atoms with E-state index < -0.39 is 9.12 Å². The normalized spacial score (nSPS) is 11.7. The fourth-order valence-electron chi connectivity index (χ4n) is 1.30. The Hall–Kier alpha value is -0.383. The third-order valence-electron chi connectivity index (χ3n) is 2.20. The van der Waals surface area contributed by atoms with E-state index in [1.165, 1.54) is 12.5 Å². The van der Waals surface area contributed by atoms with Crippen molar-refractivity contribution in [2.45, 2.75) is 33.2 Å². The van der Waals surface area contributed by atoms with Crippen molar-refractivity contribution in [3.05, 3.63) is 25.3 Å². The largest absolute Gasteiger partial charge is 0.324 e. The first-order valence-electron chi connectivity index (χ1n) is 5.68. The van der Waals surface area contributed by atoms with Crippen molar-refractivity contribution in [2.75, 3.05) is 13.1 Å². The Morgan fingerprint density at radius 3 is 1.87 bits per heavy atom. The Morgan fingerprint density at radius 1 is 1.07 bits per heavy atom. The van der Waals surface area contributed by atoms with Crippen LogP contribution in [0.3, 0.4) is 0 Å². The molecule has 0 aromatic carbocycles. The summed E-state index contributed by atoms with van der Waals surface area (Å²) >= 11 is 0. The monoisotopic (exact) mass is 226 g/mol. The molecule has 2 N–H and O–H groups in total. The maximum Gasteiger partial charge on any atom is 0.185 e. The molecule has 0 aromatic heterocycles. The zero-order chi connectivity index (χ0) is 11.7. The molecule has 0 aliphatic rings. The van der Waals surface area contributed by atoms with Gasteiger partial charge in [-0.25, -0.2) is 0 Å². The molecule has 88 valence electrons. The summed E-state index contributed by atoms with van der Waals surface area (Å²) in [5, 5.41) is 0. The second kappa shape index (κ2) is 7.85. The summed E-state index contributed by atoms with van der Waals surface area (Å²) in [7, 11) is -1.01. The highest BCUT2D eigenvalue weighted by Gasteiger charge is 2.15. The van der Waals surface area contributed by atoms with Crippen LogP contribution in [0.15, 0.2) is 25.3 Å². The smallest absolute Gasteiger partial charge is 0.185 e. The second-order valence-electron chi connectivity index (χ2n) is 5.05. The van der Waals surface area contributed by atoms with E-state index in [2.05, 4.69) is 43.9 Å². The highest BCUT2D eigenvalue weighted by atomic mass is 28.3. The van der Waals surface area contributed by atoms with E-state index in [0.29, 0.717) is 5.41 Å². The average molecular weight is 226 g/mol. The highest BCUT2D eigenvalue weighted by molar-refractivity contribution is 6.53. The highest BCUT2D eigenvalue weighted by Crippen LogP contribution is 2.21. The van der Waals surface area contributed by atoms with Gasteiger partial charge in [0, 0.05) is 13.1 Å². The topological polar surface area (TPSA) is 24.1 Å². The van der Waals surface area contributed by atoms with Gasteiger partial charge in [-0.1, -0.05) is 32.9 Å². The molecule has 0 heterocycles. The molecule has 0 spiro atoms. The maximum absolute atomic E-state index is 3.73. The van der Waals surface area contributed by atoms with Crippen LogP contribution in [0.4, 0.5) is 0 Å². The number of hydrogen-bond donors (Lipinski definition) is 2. The average Bonchev–Trinajstić information content (AvgIpc) is 2.15. The number of nitrogens with one attached hydrogen (secondary N) is 2. The van der Waals surface area contributed by atoms with Gasteiger partial charge in [0.15, 0.2) is 9.12 Å². The minimum absolute atomic E-state index is 0.428. The summed E-state index contributed by atoms with van der Waals surface area (Å²) < 4.78 is 0. The lowest BCUT2D eigenvalue weighted by molar-refractivity contribution is 0.395. The zero-order valence-corrected chi connectivity index (χ0v) is 11.6. The first kappa shape index (κ1) is 14.6. The molecule has 0 aromatic rings. The van der Waals surface area contributed by atoms with Gasteiger partial charge in [0.1, 0.15) is 0 Å². The standard InChI is InChI=1S/C12H26N2Si/c1-6-9-13-15(14-10-7-2)11-8-12(3,4)5/h6-7,13-15H,1-2,8-11H2,3-5H3. The maximum atomic E-state index is 3.73. The summed E-state index contributed by atoms with van der Waals surface area (Å²) in [5.41, 5.74) is 0.428. The van der Waals surface area contributed by atoms with Gasteiger partial charge in [-0.2, -0.15) is 0 Å². The van der Waals surface area contributed by atoms with Crippen LogP contribution in [-0.4, -0.2) is 22.2 Å². The van der Waals surface area contributed by atoms with Crippen LogP contribution >= 0.6 is 0 Å². The Balaban J connectivity index is 3.88. The van der Waals surface area contributed by atoms with Crippen LogP contribution in [0.1, 0.15) is 27.2 Å². The van der Waals surface area contributed by atoms with E-state index in [-0.39, 0.29) is 0 Å². The van der Waals surface area contributed by atoms with Gasteiger partial charge in [-0.3, -0.25) is 0 Å². The van der Waals surface area contributed by atoms with Gasteiger partial charge in [0.05, 0.1) is 0 Å². The predicted molar refractivity (Wildman–Crippen MR) is 72.4 cm³/mol. The van der Waals surface area contributed by atoms with Crippen molar-refractivity contribution in [3.8, 4) is 0 Å². The minimum Gasteiger partial charge on any atom is -0.324 e. The quantitative estimate of drug-likeness (QED) is 0.490. The molecule has 0 fully saturated rings. The fraction of sp³-hybridized carbons (Fsp3) is 0.667. The SMILES string of the molecule is C=CCN[SiH](CCC(C)(C)C)NCC=C. The molecule has 0 aliphatic heterocycles. The van der Waals surface area contributed by atoms with E-state index >= 15 is 0 Å². The van der Waals surface area contributed by atoms with Gasteiger partial charge >= 0.3 is 0 Å². The van der Waals surface area contributed by atoms with Crippen LogP contribution < -0.4 is 9.96 Å². The van der Waals surface area contributed by atoms with Crippen LogP contribution in [-0.2, 0) is 0 Å². The van der Waals surface area contributed by atoms with Gasteiger partial charge in [0.2, 0.25) is 0 Å². The number of rotatable bonds is 8. The molecule has 0 atom stereocenters. The van der Waals surface area contributed by atoms with Crippen LogP contribution in [0.2, 0.25) is 6.04 Å². The minimum atomic E-state index is -1.01. The van der Waals surface area contributed by atoms with Crippen LogP contribution in [0.25, 0.3) is 0 Å². The number of hydrogen-bond acceptors (Lipinski definition) is 2. The molecule has 0 radical (unpaired) electrons. The summed E-state index contributed by atoms with van der Waals surface area (Å²) in [6, 6.07) is 1.27. The zero-order valence-electron chi connectivity index (χ0n) is 10.5. The molecule has 0 saturated heterocycles. The molecule has 15 heavy (non-hydrogen) atoms. The summed E-state index contributed by atoms with van der Waals surface area (Å²) in [6.07, 6.45) is 5.11. The van der Waals surface area contributed by atoms with Crippen molar-refractivity contribution >= 4 is 9.12 Å². The van der Waals surface area contributed by atoms with Gasteiger partial charge in [-0.15, -0.1) is 13.2 Å². The lowest BCUT2D eigenvalue weighted by Crippen LogP contribution is -2.47. The lowest BCUT2D eigenvalue weighted by Gasteiger charge is -2.23. The first-order chi connectivity index (χ1) is 6.99. The molecule has 0 rings (SSSR count). The Bertz CT molecular complexity index is 173. The van der Waals surface area contributed by atoms with Crippen molar-refractivity contribution in [1.29, 1.82) is 0 Å². The summed E-state index contributed by atoms with van der Waals surface area (Å²) in [4.78, 5) is 7.08. The molecule has 2 nitrogen and oxygen atoms in total. The van der Waals surface area contributed by atoms with E-state index in [1.807, 2.05) is 12.2 Å². The van der Waals surface area contributed by atoms with E-state index in [1.54, 1.807) is 0 Å². The third kappa shape index (κ3) is 9.91. The molecule has 0 unspecified atom stereocenters. The van der Waals surface area contributed by atoms with E-state index in [9.17, 15) is 0 Å². The third-order valence-corrected chi connectivity index (χ3v) is 4.52. The van der Waals surface area contributed by atoms with E-state index in [0.717, 1.165) is 13.1 Å². The first-order valence-corrected chi connectivity index (χ1v) is 7.65. The molecule has 3 heteroatoms. The van der Waals surface area contributed by atoms with E-state index in [4.69, 9.17) is 0 Å². The molecule has 0 amide bonds. The Kier molecular flexibility index (Phi) is 7.65. The van der Waals surface area contributed by atoms with Crippen molar-refractivity contribution in [2.24, 2.45) is 5.41 Å². The van der Waals surface area contributed by atoms with Crippen molar-refractivity contribution in [3.63, 3.8) is 0 Å². The lowest BCUT2D eigenvalue weighted by atomic mass is 9.94. The Labute approximate surface area is 96.6 Å². The second-order valence-corrected chi connectivity index (χ2v) is 7.54. The van der Waals surface area contributed by atoms with Gasteiger partial charge in [-0.05, 0) is 17.9 Å². The summed E-state index contributed by atoms with van der Waals surface area (Å²) in [6.45, 7) is 16.2. The molecular formula is C12H26N2Si. The molecule has 0 bridgehead atoms. The van der Waals surface area contributed by atoms with Crippen LogP contribution in [0, 0.1) is 5.41 Å². The predicted octanol–water partition coefficient (Wildman–Crippen LogP) is 2.19. The van der Waals surface area contributed by atoms with Crippen LogP contribution in [0.5, 0.6) is 0 Å². The molecule has 0 aliphatic carbocycles. The van der Waals surface area contributed by atoms with Gasteiger partial charge in [0.25, 0.3) is 0 Å². The van der Waals surface area contributed by atoms with Crippen molar-refractivity contribution in [1.82, 2.24) is 9.96 Å². The van der Waals surface area contributed by atoms with Crippen molar-refractivity contribution < 1.29 is 0 Å². The van der Waals surface area contributed by atoms with Gasteiger partial charge < -0.3 is 9.96 Å². The summed E-state index contributed by atoms with van der Waals surface area (Å²) in [5.74, 6) is 0. The fourth-order valence-corrected chi connectivity index (χ4v) is 3.91. The Morgan fingerprint density at radius 2 is 1.53 bits per heavy atom.